The Kier molecular flexibility index (Phi) is 4.64. The van der Waals surface area contributed by atoms with Crippen LogP contribution in [0, 0.1) is 0 Å². The maximum absolute atomic E-state index is 12.6. The van der Waals surface area contributed by atoms with Crippen LogP contribution in [0.4, 0.5) is 10.2 Å². The molecule has 1 saturated carbocycles. The number of rotatable bonds is 6. The van der Waals surface area contributed by atoms with E-state index in [1.165, 1.54) is 6.33 Å². The van der Waals surface area contributed by atoms with Gasteiger partial charge in [-0.1, -0.05) is 6.07 Å². The third kappa shape index (κ3) is 3.62. The molecule has 8 heteroatoms. The molecule has 0 unspecified atom stereocenters. The van der Waals surface area contributed by atoms with Gasteiger partial charge in [0.25, 0.3) is 0 Å². The summed E-state index contributed by atoms with van der Waals surface area (Å²) in [7, 11) is 0. The van der Waals surface area contributed by atoms with Crippen molar-refractivity contribution in [2.75, 3.05) is 37.8 Å². The second-order valence-electron chi connectivity index (χ2n) is 8.29. The summed E-state index contributed by atoms with van der Waals surface area (Å²) in [5, 5.41) is 0. The number of carbonyl (C=O) groups is 1. The van der Waals surface area contributed by atoms with Crippen molar-refractivity contribution in [2.24, 2.45) is 4.99 Å². The van der Waals surface area contributed by atoms with E-state index in [9.17, 15) is 9.18 Å². The molecule has 1 aromatic carbocycles. The fourth-order valence-electron chi connectivity index (χ4n) is 3.90. The molecule has 0 N–H and O–H groups in total. The van der Waals surface area contributed by atoms with Crippen LogP contribution in [0.1, 0.15) is 36.6 Å². The van der Waals surface area contributed by atoms with Crippen molar-refractivity contribution in [2.45, 2.75) is 31.9 Å². The molecule has 0 atom stereocenters. The summed E-state index contributed by atoms with van der Waals surface area (Å²) < 4.78 is 18.7. The van der Waals surface area contributed by atoms with Crippen molar-refractivity contribution in [3.05, 3.63) is 47.4 Å². The summed E-state index contributed by atoms with van der Waals surface area (Å²) in [6, 6.07) is 8.00. The van der Waals surface area contributed by atoms with Crippen LogP contribution in [0.15, 0.2) is 35.6 Å². The molecule has 7 nitrogen and oxygen atoms in total. The monoisotopic (exact) mass is 409 g/mol. The molecule has 30 heavy (non-hydrogen) atoms. The van der Waals surface area contributed by atoms with Crippen molar-refractivity contribution in [3.8, 4) is 5.75 Å². The highest BCUT2D eigenvalue weighted by molar-refractivity contribution is 6.14. The van der Waals surface area contributed by atoms with E-state index in [2.05, 4.69) is 23.0 Å². The lowest BCUT2D eigenvalue weighted by Gasteiger charge is -2.34. The van der Waals surface area contributed by atoms with Crippen molar-refractivity contribution in [1.82, 2.24) is 14.9 Å². The molecule has 0 spiro atoms. The van der Waals surface area contributed by atoms with Crippen LogP contribution in [0.2, 0.25) is 0 Å². The summed E-state index contributed by atoms with van der Waals surface area (Å²) >= 11 is 0. The Balaban J connectivity index is 1.37. The molecule has 3 aliphatic rings. The van der Waals surface area contributed by atoms with Gasteiger partial charge in [-0.15, -0.1) is 0 Å². The molecule has 156 valence electrons. The molecule has 2 fully saturated rings. The summed E-state index contributed by atoms with van der Waals surface area (Å²) in [4.78, 5) is 29.2. The first-order valence-electron chi connectivity index (χ1n) is 10.3. The van der Waals surface area contributed by atoms with E-state index in [4.69, 9.17) is 9.73 Å². The van der Waals surface area contributed by atoms with Crippen molar-refractivity contribution >= 4 is 17.4 Å². The van der Waals surface area contributed by atoms with Gasteiger partial charge in [0, 0.05) is 31.3 Å². The van der Waals surface area contributed by atoms with Crippen molar-refractivity contribution in [3.63, 3.8) is 0 Å². The number of piperazine rings is 1. The lowest BCUT2D eigenvalue weighted by atomic mass is 10.0. The molecule has 1 aromatic heterocycles. The highest BCUT2D eigenvalue weighted by atomic mass is 19.1. The average Bonchev–Trinajstić information content (AvgIpc) is 3.32. The van der Waals surface area contributed by atoms with E-state index >= 15 is 0 Å². The van der Waals surface area contributed by atoms with E-state index in [-0.39, 0.29) is 24.6 Å². The largest absolute Gasteiger partial charge is 0.488 e. The Morgan fingerprint density at radius 3 is 2.83 bits per heavy atom. The van der Waals surface area contributed by atoms with Gasteiger partial charge in [-0.3, -0.25) is 9.79 Å². The fraction of sp³-hybridized carbons (Fsp3) is 0.455. The zero-order chi connectivity index (χ0) is 20.7. The molecule has 2 aliphatic heterocycles. The van der Waals surface area contributed by atoms with Crippen LogP contribution >= 0.6 is 0 Å². The Hall–Kier alpha value is -3.03. The van der Waals surface area contributed by atoms with Gasteiger partial charge < -0.3 is 14.5 Å². The van der Waals surface area contributed by atoms with Crippen LogP contribution in [0.5, 0.6) is 5.75 Å². The van der Waals surface area contributed by atoms with Gasteiger partial charge in [-0.05, 0) is 37.5 Å². The minimum atomic E-state index is -0.520. The number of aliphatic imine (C=N–C) groups is 1. The van der Waals surface area contributed by atoms with Crippen LogP contribution in [0.25, 0.3) is 0 Å². The van der Waals surface area contributed by atoms with E-state index in [1.807, 2.05) is 23.1 Å². The summed E-state index contributed by atoms with van der Waals surface area (Å²) in [6.07, 6.45) is 3.67. The molecule has 1 amide bonds. The number of halogens is 1. The van der Waals surface area contributed by atoms with Gasteiger partial charge in [0.05, 0.1) is 24.5 Å². The van der Waals surface area contributed by atoms with Crippen molar-refractivity contribution < 1.29 is 13.9 Å². The molecule has 5 rings (SSSR count). The molecule has 0 bridgehead atoms. The summed E-state index contributed by atoms with van der Waals surface area (Å²) in [5.74, 6) is 1.45. The van der Waals surface area contributed by atoms with Gasteiger partial charge in [0.1, 0.15) is 30.2 Å². The maximum atomic E-state index is 12.6. The van der Waals surface area contributed by atoms with Crippen LogP contribution in [-0.4, -0.2) is 64.9 Å². The minimum absolute atomic E-state index is 0.0386. The number of nitrogens with zero attached hydrogens (tertiary/aromatic N) is 5. The molecular weight excluding hydrogens is 385 g/mol. The summed E-state index contributed by atoms with van der Waals surface area (Å²) in [6.45, 7) is 3.66. The maximum Gasteiger partial charge on any atom is 0.242 e. The Morgan fingerprint density at radius 1 is 1.20 bits per heavy atom. The van der Waals surface area contributed by atoms with Gasteiger partial charge in [-0.25, -0.2) is 14.4 Å². The second-order valence-corrected chi connectivity index (χ2v) is 8.29. The number of ether oxygens (including phenoxy) is 1. The van der Waals surface area contributed by atoms with Gasteiger partial charge >= 0.3 is 0 Å². The Bertz CT molecular complexity index is 1020. The first-order chi connectivity index (χ1) is 14.5. The highest BCUT2D eigenvalue weighted by Gasteiger charge is 2.40. The van der Waals surface area contributed by atoms with Crippen LogP contribution < -0.4 is 9.64 Å². The molecule has 2 aromatic rings. The summed E-state index contributed by atoms with van der Waals surface area (Å²) in [5.41, 5.74) is 3.69. The standard InChI is InChI=1S/C22H24FN5O2/c1-22(4-5-22)30-16-3-2-15-12-24-21(17(15)10-16)18-11-19(26-14-25-18)28-9-8-27(7-6-23)20(29)13-28/h2-3,10-11,14H,4-9,12-13H2,1H3. The average molecular weight is 409 g/mol. The third-order valence-electron chi connectivity index (χ3n) is 5.95. The van der Waals surface area contributed by atoms with Crippen molar-refractivity contribution in [1.29, 1.82) is 0 Å². The lowest BCUT2D eigenvalue weighted by molar-refractivity contribution is -0.131. The predicted octanol–water partition coefficient (Wildman–Crippen LogP) is 2.38. The third-order valence-corrected chi connectivity index (χ3v) is 5.95. The molecular formula is C22H24FN5O2. The Labute approximate surface area is 174 Å². The van der Waals surface area contributed by atoms with E-state index in [0.717, 1.165) is 41.1 Å². The SMILES string of the molecule is CC1(Oc2ccc3c(c2)C(c2cc(N4CCN(CCF)C(=O)C4)ncn2)=NC3)CC1. The molecule has 0 radical (unpaired) electrons. The number of fused-ring (bicyclic) bond motifs is 1. The molecule has 3 heterocycles. The van der Waals surface area contributed by atoms with E-state index < -0.39 is 6.67 Å². The second kappa shape index (κ2) is 7.34. The Morgan fingerprint density at radius 2 is 2.07 bits per heavy atom. The number of aromatic nitrogens is 2. The van der Waals surface area contributed by atoms with Gasteiger partial charge in [-0.2, -0.15) is 0 Å². The zero-order valence-electron chi connectivity index (χ0n) is 17.0. The number of hydrogen-bond donors (Lipinski definition) is 0. The molecule has 1 aliphatic carbocycles. The van der Waals surface area contributed by atoms with E-state index in [0.29, 0.717) is 25.5 Å². The lowest BCUT2D eigenvalue weighted by Crippen LogP contribution is -2.51. The van der Waals surface area contributed by atoms with E-state index in [1.54, 1.807) is 4.90 Å². The normalized spacial score (nSPS) is 19.5. The number of amides is 1. The van der Waals surface area contributed by atoms with Gasteiger partial charge in [0.15, 0.2) is 0 Å². The number of hydrogen-bond acceptors (Lipinski definition) is 6. The first-order valence-corrected chi connectivity index (χ1v) is 10.3. The van der Waals surface area contributed by atoms with Crippen LogP contribution in [0.3, 0.4) is 0 Å². The first kappa shape index (κ1) is 19.0. The number of alkyl halides is 1. The predicted molar refractivity (Wildman–Crippen MR) is 111 cm³/mol. The minimum Gasteiger partial charge on any atom is -0.488 e. The van der Waals surface area contributed by atoms with Crippen LogP contribution in [-0.2, 0) is 11.3 Å². The topological polar surface area (TPSA) is 70.9 Å². The number of anilines is 1. The fourth-order valence-corrected chi connectivity index (χ4v) is 3.90. The molecule has 1 saturated heterocycles. The quantitative estimate of drug-likeness (QED) is 0.733. The number of benzene rings is 1. The van der Waals surface area contributed by atoms with Gasteiger partial charge in [0.2, 0.25) is 5.91 Å². The zero-order valence-corrected chi connectivity index (χ0v) is 17.0. The smallest absolute Gasteiger partial charge is 0.242 e. The highest BCUT2D eigenvalue weighted by Crippen LogP contribution is 2.40. The number of carbonyl (C=O) groups excluding carboxylic acids is 1.